The van der Waals surface area contributed by atoms with E-state index in [1.165, 1.54) is 0 Å². The van der Waals surface area contributed by atoms with Crippen molar-refractivity contribution in [1.82, 2.24) is 10.6 Å². The van der Waals surface area contributed by atoms with Crippen molar-refractivity contribution in [2.75, 3.05) is 6.54 Å². The van der Waals surface area contributed by atoms with Crippen molar-refractivity contribution in [2.45, 2.75) is 18.9 Å². The Morgan fingerprint density at radius 2 is 1.36 bits per heavy atom. The predicted octanol–water partition coefficient (Wildman–Crippen LogP) is 2.08. The minimum atomic E-state index is -0.951. The Kier molecular flexibility index (Phi) is 6.71. The number of benzene rings is 2. The summed E-state index contributed by atoms with van der Waals surface area (Å²) in [5, 5.41) is 14.4. The summed E-state index contributed by atoms with van der Waals surface area (Å²) in [4.78, 5) is 35.2. The van der Waals surface area contributed by atoms with Crippen LogP contribution >= 0.6 is 0 Å². The summed E-state index contributed by atoms with van der Waals surface area (Å²) >= 11 is 0. The summed E-state index contributed by atoms with van der Waals surface area (Å²) in [7, 11) is 0. The third-order valence-corrected chi connectivity index (χ3v) is 3.62. The molecule has 0 aromatic heterocycles. The molecular weight excluding hydrogens is 320 g/mol. The molecule has 2 aromatic rings. The monoisotopic (exact) mass is 340 g/mol. The fraction of sp³-hybridized carbons (Fsp3) is 0.211. The maximum atomic E-state index is 12.2. The summed E-state index contributed by atoms with van der Waals surface area (Å²) in [5.74, 6) is -1.52. The minimum Gasteiger partial charge on any atom is -0.481 e. The van der Waals surface area contributed by atoms with E-state index in [1.807, 2.05) is 6.07 Å². The van der Waals surface area contributed by atoms with E-state index in [-0.39, 0.29) is 31.2 Å². The lowest BCUT2D eigenvalue weighted by atomic mass is 10.1. The molecule has 0 fully saturated rings. The first-order valence-electron chi connectivity index (χ1n) is 7.97. The smallest absolute Gasteiger partial charge is 0.303 e. The zero-order valence-electron chi connectivity index (χ0n) is 13.6. The van der Waals surface area contributed by atoms with E-state index in [0.29, 0.717) is 11.1 Å². The molecule has 0 radical (unpaired) electrons. The maximum Gasteiger partial charge on any atom is 0.303 e. The molecule has 2 aromatic carbocycles. The van der Waals surface area contributed by atoms with Crippen LogP contribution in [0, 0.1) is 0 Å². The SMILES string of the molecule is O=C(O)CC[C@@H](CNC(=O)c1ccccc1)NC(=O)c1ccccc1. The molecule has 25 heavy (non-hydrogen) atoms. The van der Waals surface area contributed by atoms with Crippen LogP contribution in [-0.4, -0.2) is 35.5 Å². The van der Waals surface area contributed by atoms with Gasteiger partial charge in [0.2, 0.25) is 0 Å². The summed E-state index contributed by atoms with van der Waals surface area (Å²) in [6.07, 6.45) is 0.129. The fourth-order valence-electron chi connectivity index (χ4n) is 2.29. The molecule has 2 amide bonds. The molecule has 0 spiro atoms. The van der Waals surface area contributed by atoms with E-state index in [2.05, 4.69) is 10.6 Å². The van der Waals surface area contributed by atoms with E-state index in [0.717, 1.165) is 0 Å². The molecule has 2 rings (SSSR count). The standard InChI is InChI=1S/C19H20N2O4/c22-17(23)12-11-16(21-19(25)15-9-5-2-6-10-15)13-20-18(24)14-7-3-1-4-8-14/h1-10,16H,11-13H2,(H,20,24)(H,21,25)(H,22,23)/t16-/m0/s1. The van der Waals surface area contributed by atoms with E-state index >= 15 is 0 Å². The van der Waals surface area contributed by atoms with Crippen LogP contribution in [0.25, 0.3) is 0 Å². The number of carboxylic acid groups (broad SMARTS) is 1. The molecule has 0 aliphatic carbocycles. The Balaban J connectivity index is 1.96. The molecule has 130 valence electrons. The number of hydrogen-bond donors (Lipinski definition) is 3. The molecule has 6 nitrogen and oxygen atoms in total. The molecule has 0 unspecified atom stereocenters. The Labute approximate surface area is 145 Å². The first kappa shape index (κ1) is 18.2. The molecule has 3 N–H and O–H groups in total. The van der Waals surface area contributed by atoms with Crippen LogP contribution in [0.5, 0.6) is 0 Å². The van der Waals surface area contributed by atoms with Crippen LogP contribution < -0.4 is 10.6 Å². The summed E-state index contributed by atoms with van der Waals surface area (Å²) in [6, 6.07) is 16.9. The number of carbonyl (C=O) groups is 3. The summed E-state index contributed by atoms with van der Waals surface area (Å²) in [6.45, 7) is 0.152. The van der Waals surface area contributed by atoms with Crippen LogP contribution in [0.3, 0.4) is 0 Å². The second kappa shape index (κ2) is 9.22. The largest absolute Gasteiger partial charge is 0.481 e. The average Bonchev–Trinajstić information content (AvgIpc) is 2.64. The topological polar surface area (TPSA) is 95.5 Å². The molecule has 0 aliphatic rings. The van der Waals surface area contributed by atoms with Crippen LogP contribution in [0.15, 0.2) is 60.7 Å². The highest BCUT2D eigenvalue weighted by molar-refractivity contribution is 5.95. The van der Waals surface area contributed by atoms with Crippen molar-refractivity contribution in [3.05, 3.63) is 71.8 Å². The van der Waals surface area contributed by atoms with E-state index in [1.54, 1.807) is 54.6 Å². The van der Waals surface area contributed by atoms with E-state index in [9.17, 15) is 14.4 Å². The zero-order valence-corrected chi connectivity index (χ0v) is 13.6. The minimum absolute atomic E-state index is 0.0963. The van der Waals surface area contributed by atoms with Gasteiger partial charge in [-0.15, -0.1) is 0 Å². The molecule has 0 saturated heterocycles. The van der Waals surface area contributed by atoms with Crippen molar-refractivity contribution in [1.29, 1.82) is 0 Å². The Morgan fingerprint density at radius 3 is 1.88 bits per heavy atom. The number of amides is 2. The van der Waals surface area contributed by atoms with E-state index < -0.39 is 12.0 Å². The first-order valence-corrected chi connectivity index (χ1v) is 7.97. The number of nitrogens with one attached hydrogen (secondary N) is 2. The average molecular weight is 340 g/mol. The normalized spacial score (nSPS) is 11.4. The van der Waals surface area contributed by atoms with Gasteiger partial charge in [0.25, 0.3) is 11.8 Å². The molecule has 0 saturated carbocycles. The maximum absolute atomic E-state index is 12.2. The van der Waals surface area contributed by atoms with Gasteiger partial charge in [-0.1, -0.05) is 36.4 Å². The second-order valence-corrected chi connectivity index (χ2v) is 5.54. The van der Waals surface area contributed by atoms with Crippen LogP contribution in [0.4, 0.5) is 0 Å². The number of rotatable bonds is 8. The van der Waals surface area contributed by atoms with Gasteiger partial charge in [0, 0.05) is 30.1 Å². The van der Waals surface area contributed by atoms with E-state index in [4.69, 9.17) is 5.11 Å². The number of aliphatic carboxylic acids is 1. The van der Waals surface area contributed by atoms with Crippen LogP contribution in [0.2, 0.25) is 0 Å². The predicted molar refractivity (Wildman–Crippen MR) is 93.3 cm³/mol. The summed E-state index contributed by atoms with van der Waals surface area (Å²) in [5.41, 5.74) is 0.992. The highest BCUT2D eigenvalue weighted by atomic mass is 16.4. The van der Waals surface area contributed by atoms with Gasteiger partial charge < -0.3 is 15.7 Å². The van der Waals surface area contributed by atoms with Gasteiger partial charge in [-0.05, 0) is 30.7 Å². The van der Waals surface area contributed by atoms with Gasteiger partial charge in [-0.25, -0.2) is 0 Å². The molecule has 0 bridgehead atoms. The molecular formula is C19H20N2O4. The summed E-state index contributed by atoms with van der Waals surface area (Å²) < 4.78 is 0. The van der Waals surface area contributed by atoms with Gasteiger partial charge in [0.15, 0.2) is 0 Å². The van der Waals surface area contributed by atoms with Crippen molar-refractivity contribution >= 4 is 17.8 Å². The van der Waals surface area contributed by atoms with Crippen molar-refractivity contribution in [3.8, 4) is 0 Å². The van der Waals surface area contributed by atoms with Crippen molar-refractivity contribution in [2.24, 2.45) is 0 Å². The molecule has 1 atom stereocenters. The fourth-order valence-corrected chi connectivity index (χ4v) is 2.29. The highest BCUT2D eigenvalue weighted by Gasteiger charge is 2.16. The quantitative estimate of drug-likeness (QED) is 0.685. The van der Waals surface area contributed by atoms with Crippen molar-refractivity contribution in [3.63, 3.8) is 0 Å². The van der Waals surface area contributed by atoms with Gasteiger partial charge >= 0.3 is 5.97 Å². The lowest BCUT2D eigenvalue weighted by molar-refractivity contribution is -0.137. The van der Waals surface area contributed by atoms with Gasteiger partial charge in [-0.2, -0.15) is 0 Å². The Morgan fingerprint density at radius 1 is 0.840 bits per heavy atom. The first-order chi connectivity index (χ1) is 12.1. The van der Waals surface area contributed by atoms with Gasteiger partial charge in [0.1, 0.15) is 0 Å². The third-order valence-electron chi connectivity index (χ3n) is 3.62. The molecule has 0 heterocycles. The lowest BCUT2D eigenvalue weighted by Crippen LogP contribution is -2.44. The molecule has 0 aliphatic heterocycles. The van der Waals surface area contributed by atoms with Gasteiger partial charge in [-0.3, -0.25) is 14.4 Å². The Hall–Kier alpha value is -3.15. The van der Waals surface area contributed by atoms with Crippen LogP contribution in [0.1, 0.15) is 33.6 Å². The lowest BCUT2D eigenvalue weighted by Gasteiger charge is -2.19. The number of carbonyl (C=O) groups excluding carboxylic acids is 2. The number of carboxylic acids is 1. The second-order valence-electron chi connectivity index (χ2n) is 5.54. The van der Waals surface area contributed by atoms with Crippen molar-refractivity contribution < 1.29 is 19.5 Å². The number of hydrogen-bond acceptors (Lipinski definition) is 3. The molecule has 6 heteroatoms. The highest BCUT2D eigenvalue weighted by Crippen LogP contribution is 2.03. The van der Waals surface area contributed by atoms with Crippen LogP contribution in [-0.2, 0) is 4.79 Å². The van der Waals surface area contributed by atoms with Gasteiger partial charge in [0.05, 0.1) is 0 Å². The zero-order chi connectivity index (χ0) is 18.1. The third kappa shape index (κ3) is 6.10. The Bertz CT molecular complexity index is 717.